The number of likely N-dealkylation sites (tertiary alicyclic amines) is 1. The molecule has 192 valence electrons. The topological polar surface area (TPSA) is 79.4 Å². The Bertz CT molecular complexity index is 1470. The van der Waals surface area contributed by atoms with Crippen LogP contribution in [-0.4, -0.2) is 60.1 Å². The van der Waals surface area contributed by atoms with E-state index in [9.17, 15) is 9.18 Å². The Kier molecular flexibility index (Phi) is 7.29. The molecule has 1 aliphatic heterocycles. The summed E-state index contributed by atoms with van der Waals surface area (Å²) >= 11 is 1.60. The van der Waals surface area contributed by atoms with Crippen molar-refractivity contribution in [2.75, 3.05) is 38.6 Å². The standard InChI is InChI=1S/C27H27F2N5O2S/c1-16(28)26(35)31-12-11-30-25-21-9-8-20(18-6-3-7-22-19(18)10-14-37-22)23(29)24(21)32-27(33-25)36-15-17-5-4-13-34(17)2/h3,6-10,14,17H,1,4-5,11-13,15H2,2H3,(H,31,35)(H,30,32,33)/t17-/m0/s1. The Morgan fingerprint density at radius 1 is 1.19 bits per heavy atom. The SMILES string of the molecule is C=C(F)C(=O)NCCNc1nc(OC[C@@H]2CCCN2C)nc2c(F)c(-c3cccc4sccc34)ccc12. The van der Waals surface area contributed by atoms with Gasteiger partial charge < -0.3 is 20.3 Å². The highest BCUT2D eigenvalue weighted by Crippen LogP contribution is 2.36. The zero-order valence-electron chi connectivity index (χ0n) is 20.4. The van der Waals surface area contributed by atoms with Gasteiger partial charge in [-0.25, -0.2) is 8.78 Å². The summed E-state index contributed by atoms with van der Waals surface area (Å²) in [5, 5.41) is 8.95. The number of ether oxygens (including phenoxy) is 1. The molecule has 0 aliphatic carbocycles. The third-order valence-corrected chi connectivity index (χ3v) is 7.48. The quantitative estimate of drug-likeness (QED) is 0.234. The van der Waals surface area contributed by atoms with Crippen LogP contribution in [-0.2, 0) is 4.79 Å². The van der Waals surface area contributed by atoms with Gasteiger partial charge in [0.25, 0.3) is 5.91 Å². The number of anilines is 1. The van der Waals surface area contributed by atoms with Gasteiger partial charge in [-0.15, -0.1) is 11.3 Å². The van der Waals surface area contributed by atoms with E-state index in [1.807, 2.05) is 36.7 Å². The number of likely N-dealkylation sites (N-methyl/N-ethyl adjacent to an activating group) is 1. The monoisotopic (exact) mass is 523 g/mol. The van der Waals surface area contributed by atoms with Gasteiger partial charge in [0.15, 0.2) is 11.6 Å². The lowest BCUT2D eigenvalue weighted by Crippen LogP contribution is -2.31. The largest absolute Gasteiger partial charge is 0.462 e. The summed E-state index contributed by atoms with van der Waals surface area (Å²) in [6, 6.07) is 11.6. The van der Waals surface area contributed by atoms with Crippen molar-refractivity contribution in [3.63, 3.8) is 0 Å². The van der Waals surface area contributed by atoms with Crippen molar-refractivity contribution in [2.45, 2.75) is 18.9 Å². The van der Waals surface area contributed by atoms with E-state index in [0.717, 1.165) is 35.0 Å². The molecule has 2 aromatic heterocycles. The second-order valence-corrected chi connectivity index (χ2v) is 9.94. The minimum Gasteiger partial charge on any atom is -0.462 e. The molecule has 0 saturated carbocycles. The maximum Gasteiger partial charge on any atom is 0.319 e. The smallest absolute Gasteiger partial charge is 0.319 e. The molecule has 1 fully saturated rings. The summed E-state index contributed by atoms with van der Waals surface area (Å²) in [5.74, 6) is -2.04. The van der Waals surface area contributed by atoms with E-state index in [0.29, 0.717) is 23.4 Å². The number of rotatable bonds is 9. The van der Waals surface area contributed by atoms with E-state index >= 15 is 4.39 Å². The summed E-state index contributed by atoms with van der Waals surface area (Å²) in [7, 11) is 2.05. The van der Waals surface area contributed by atoms with Crippen LogP contribution in [0.1, 0.15) is 12.8 Å². The fraction of sp³-hybridized carbons (Fsp3) is 0.296. The van der Waals surface area contributed by atoms with Gasteiger partial charge in [0, 0.05) is 40.2 Å². The number of nitrogens with one attached hydrogen (secondary N) is 2. The van der Waals surface area contributed by atoms with Gasteiger partial charge in [-0.3, -0.25) is 4.79 Å². The zero-order chi connectivity index (χ0) is 25.9. The number of carbonyl (C=O) groups excluding carboxylic acids is 1. The molecule has 0 unspecified atom stereocenters. The molecule has 0 bridgehead atoms. The summed E-state index contributed by atoms with van der Waals surface area (Å²) in [4.78, 5) is 22.6. The van der Waals surface area contributed by atoms with E-state index in [4.69, 9.17) is 4.74 Å². The molecule has 3 heterocycles. The third-order valence-electron chi connectivity index (χ3n) is 6.60. The van der Waals surface area contributed by atoms with E-state index in [2.05, 4.69) is 32.1 Å². The molecule has 1 aliphatic rings. The highest BCUT2D eigenvalue weighted by Gasteiger charge is 2.23. The van der Waals surface area contributed by atoms with Crippen LogP contribution < -0.4 is 15.4 Å². The molecular formula is C27H27F2N5O2S. The van der Waals surface area contributed by atoms with Gasteiger partial charge in [0.1, 0.15) is 17.9 Å². The zero-order valence-corrected chi connectivity index (χ0v) is 21.2. The number of amides is 1. The molecule has 0 spiro atoms. The minimum atomic E-state index is -1.06. The fourth-order valence-corrected chi connectivity index (χ4v) is 5.40. The maximum atomic E-state index is 16.0. The lowest BCUT2D eigenvalue weighted by Gasteiger charge is -2.19. The van der Waals surface area contributed by atoms with Crippen LogP contribution in [0, 0.1) is 5.82 Å². The van der Waals surface area contributed by atoms with Crippen molar-refractivity contribution in [1.29, 1.82) is 0 Å². The number of carbonyl (C=O) groups is 1. The van der Waals surface area contributed by atoms with Crippen molar-refractivity contribution in [1.82, 2.24) is 20.2 Å². The van der Waals surface area contributed by atoms with Crippen LogP contribution in [0.4, 0.5) is 14.6 Å². The van der Waals surface area contributed by atoms with Crippen molar-refractivity contribution < 1.29 is 18.3 Å². The second kappa shape index (κ2) is 10.8. The van der Waals surface area contributed by atoms with E-state index in [-0.39, 0.29) is 30.7 Å². The van der Waals surface area contributed by atoms with Crippen molar-refractivity contribution in [3.05, 3.63) is 60.0 Å². The number of nitrogens with zero attached hydrogens (tertiary/aromatic N) is 3. The van der Waals surface area contributed by atoms with Crippen LogP contribution in [0.15, 0.2) is 54.2 Å². The average molecular weight is 524 g/mol. The number of halogens is 2. The molecule has 4 aromatic rings. The highest BCUT2D eigenvalue weighted by atomic mass is 32.1. The van der Waals surface area contributed by atoms with Gasteiger partial charge in [-0.05, 0) is 55.6 Å². The lowest BCUT2D eigenvalue weighted by molar-refractivity contribution is -0.118. The minimum absolute atomic E-state index is 0.0706. The maximum absolute atomic E-state index is 16.0. The molecule has 2 N–H and O–H groups in total. The van der Waals surface area contributed by atoms with Crippen molar-refractivity contribution in [3.8, 4) is 17.1 Å². The molecule has 5 rings (SSSR count). The normalized spacial score (nSPS) is 15.8. The highest BCUT2D eigenvalue weighted by molar-refractivity contribution is 7.17. The molecule has 7 nitrogen and oxygen atoms in total. The number of hydrogen-bond acceptors (Lipinski definition) is 7. The number of fused-ring (bicyclic) bond motifs is 2. The van der Waals surface area contributed by atoms with Crippen LogP contribution in [0.25, 0.3) is 32.1 Å². The van der Waals surface area contributed by atoms with Crippen LogP contribution in [0.2, 0.25) is 0 Å². The van der Waals surface area contributed by atoms with Gasteiger partial charge in [0.05, 0.1) is 0 Å². The lowest BCUT2D eigenvalue weighted by atomic mass is 10.00. The first-order valence-electron chi connectivity index (χ1n) is 12.1. The van der Waals surface area contributed by atoms with Crippen LogP contribution in [0.3, 0.4) is 0 Å². The Morgan fingerprint density at radius 2 is 2.05 bits per heavy atom. The van der Waals surface area contributed by atoms with Crippen molar-refractivity contribution >= 4 is 44.1 Å². The Hall–Kier alpha value is -3.63. The molecule has 0 radical (unpaired) electrons. The first-order chi connectivity index (χ1) is 17.9. The molecule has 10 heteroatoms. The Labute approximate surface area is 217 Å². The fourth-order valence-electron chi connectivity index (χ4n) is 4.59. The molecular weight excluding hydrogens is 496 g/mol. The summed E-state index contributed by atoms with van der Waals surface area (Å²) in [5.41, 5.74) is 1.37. The van der Waals surface area contributed by atoms with Gasteiger partial charge in [0.2, 0.25) is 0 Å². The summed E-state index contributed by atoms with van der Waals surface area (Å²) < 4.78 is 36.0. The third kappa shape index (κ3) is 5.26. The molecule has 1 atom stereocenters. The van der Waals surface area contributed by atoms with Gasteiger partial charge >= 0.3 is 6.01 Å². The molecule has 2 aromatic carbocycles. The Balaban J connectivity index is 1.49. The summed E-state index contributed by atoms with van der Waals surface area (Å²) in [6.45, 7) is 4.73. The predicted molar refractivity (Wildman–Crippen MR) is 143 cm³/mol. The second-order valence-electron chi connectivity index (χ2n) is 8.99. The van der Waals surface area contributed by atoms with Crippen LogP contribution in [0.5, 0.6) is 6.01 Å². The summed E-state index contributed by atoms with van der Waals surface area (Å²) in [6.07, 6.45) is 2.11. The molecule has 1 saturated heterocycles. The van der Waals surface area contributed by atoms with Crippen LogP contribution >= 0.6 is 11.3 Å². The first kappa shape index (κ1) is 25.0. The molecule has 37 heavy (non-hydrogen) atoms. The average Bonchev–Trinajstić information content (AvgIpc) is 3.54. The number of aromatic nitrogens is 2. The molecule has 1 amide bonds. The number of thiophene rings is 1. The van der Waals surface area contributed by atoms with E-state index in [1.165, 1.54) is 0 Å². The Morgan fingerprint density at radius 3 is 2.84 bits per heavy atom. The van der Waals surface area contributed by atoms with Crippen molar-refractivity contribution in [2.24, 2.45) is 0 Å². The number of benzene rings is 2. The predicted octanol–water partition coefficient (Wildman–Crippen LogP) is 5.13. The van der Waals surface area contributed by atoms with E-state index < -0.39 is 17.6 Å². The van der Waals surface area contributed by atoms with Gasteiger partial charge in [-0.2, -0.15) is 9.97 Å². The van der Waals surface area contributed by atoms with Gasteiger partial charge in [-0.1, -0.05) is 24.8 Å². The van der Waals surface area contributed by atoms with E-state index in [1.54, 1.807) is 23.5 Å². The first-order valence-corrected chi connectivity index (χ1v) is 13.0. The number of hydrogen-bond donors (Lipinski definition) is 2.